The van der Waals surface area contributed by atoms with Crippen LogP contribution in [0.25, 0.3) is 22.3 Å². The number of aryl methyl sites for hydroxylation is 1. The number of hydrogen-bond acceptors (Lipinski definition) is 8. The minimum Gasteiger partial charge on any atom is -0.496 e. The van der Waals surface area contributed by atoms with Gasteiger partial charge in [-0.3, -0.25) is 14.9 Å². The van der Waals surface area contributed by atoms with Crippen molar-refractivity contribution in [3.05, 3.63) is 127 Å². The number of aromatic carboxylic acids is 1. The van der Waals surface area contributed by atoms with Gasteiger partial charge >= 0.3 is 11.7 Å². The van der Waals surface area contributed by atoms with Crippen molar-refractivity contribution in [1.82, 2.24) is 9.66 Å². The summed E-state index contributed by atoms with van der Waals surface area (Å²) >= 11 is 0. The summed E-state index contributed by atoms with van der Waals surface area (Å²) in [5, 5.41) is 26.0. The molecule has 4 aromatic carbocycles. The molecule has 0 aliphatic rings. The fourth-order valence-corrected chi connectivity index (χ4v) is 4.93. The lowest BCUT2D eigenvalue weighted by Crippen LogP contribution is -2.20. The number of fused-ring (bicyclic) bond motifs is 1. The van der Waals surface area contributed by atoms with Gasteiger partial charge < -0.3 is 14.6 Å². The van der Waals surface area contributed by atoms with Gasteiger partial charge in [0.05, 0.1) is 34.7 Å². The Bertz CT molecular complexity index is 2030. The summed E-state index contributed by atoms with van der Waals surface area (Å²) in [6.07, 6.45) is 1.36. The molecule has 228 valence electrons. The molecule has 0 aliphatic heterocycles. The summed E-state index contributed by atoms with van der Waals surface area (Å²) in [5.74, 6) is 0.0885. The van der Waals surface area contributed by atoms with Crippen molar-refractivity contribution >= 4 is 28.8 Å². The van der Waals surface area contributed by atoms with E-state index < -0.39 is 16.5 Å². The SMILES string of the molecule is COc1cc(C)c(-c2nc3ccccc3c(=O)n2N=Cc2ccc(OCc3cccc(C(=O)O)c3)c([N+](=O)[O-])c2)cc1C(C)C. The van der Waals surface area contributed by atoms with Crippen molar-refractivity contribution in [3.8, 4) is 22.9 Å². The Morgan fingerprint density at radius 3 is 2.56 bits per heavy atom. The minimum atomic E-state index is -1.09. The molecule has 0 radical (unpaired) electrons. The maximum absolute atomic E-state index is 13.7. The zero-order valence-electron chi connectivity index (χ0n) is 25.1. The molecule has 0 bridgehead atoms. The van der Waals surface area contributed by atoms with Gasteiger partial charge in [-0.25, -0.2) is 9.78 Å². The highest BCUT2D eigenvalue weighted by molar-refractivity contribution is 5.87. The number of carbonyl (C=O) groups is 1. The Balaban J connectivity index is 1.56. The number of benzene rings is 4. The predicted octanol–water partition coefficient (Wildman–Crippen LogP) is 6.57. The number of carboxylic acid groups (broad SMARTS) is 1. The van der Waals surface area contributed by atoms with Crippen LogP contribution < -0.4 is 15.0 Å². The van der Waals surface area contributed by atoms with Gasteiger partial charge in [0.15, 0.2) is 11.6 Å². The number of aromatic nitrogens is 2. The van der Waals surface area contributed by atoms with E-state index in [2.05, 4.69) is 5.10 Å². The number of carboxylic acids is 1. The summed E-state index contributed by atoms with van der Waals surface area (Å²) in [6.45, 7) is 5.92. The largest absolute Gasteiger partial charge is 0.496 e. The Morgan fingerprint density at radius 2 is 1.84 bits per heavy atom. The van der Waals surface area contributed by atoms with Gasteiger partial charge in [0.25, 0.3) is 5.56 Å². The molecule has 5 rings (SSSR count). The normalized spacial score (nSPS) is 11.3. The van der Waals surface area contributed by atoms with E-state index in [-0.39, 0.29) is 29.5 Å². The molecule has 0 atom stereocenters. The second-order valence-electron chi connectivity index (χ2n) is 10.7. The molecular formula is C34H30N4O7. The summed E-state index contributed by atoms with van der Waals surface area (Å²) < 4.78 is 12.5. The molecular weight excluding hydrogens is 576 g/mol. The van der Waals surface area contributed by atoms with Crippen LogP contribution in [0.15, 0.2) is 88.8 Å². The summed E-state index contributed by atoms with van der Waals surface area (Å²) in [6, 6.07) is 21.3. The van der Waals surface area contributed by atoms with Crippen LogP contribution in [0, 0.1) is 17.0 Å². The highest BCUT2D eigenvalue weighted by atomic mass is 16.6. The Hall–Kier alpha value is -5.84. The van der Waals surface area contributed by atoms with E-state index in [1.165, 1.54) is 35.2 Å². The maximum atomic E-state index is 13.7. The molecule has 1 heterocycles. The van der Waals surface area contributed by atoms with Crippen molar-refractivity contribution in [3.63, 3.8) is 0 Å². The number of rotatable bonds is 10. The fourth-order valence-electron chi connectivity index (χ4n) is 4.93. The molecule has 0 amide bonds. The third-order valence-electron chi connectivity index (χ3n) is 7.26. The van der Waals surface area contributed by atoms with Crippen LogP contribution in [0.1, 0.15) is 52.4 Å². The molecule has 0 unspecified atom stereocenters. The zero-order chi connectivity index (χ0) is 32.2. The average Bonchev–Trinajstić information content (AvgIpc) is 3.03. The standard InChI is InChI=1S/C34H30N4O7/c1-20(2)26-17-27(21(3)14-31(26)44-4)32-36-28-11-6-5-10-25(28)33(39)37(32)35-18-22-12-13-30(29(16-22)38(42)43)45-19-23-8-7-9-24(15-23)34(40)41/h5-18,20H,19H2,1-4H3,(H,40,41). The molecule has 11 heteroatoms. The Kier molecular flexibility index (Phi) is 8.71. The van der Waals surface area contributed by atoms with Crippen molar-refractivity contribution in [1.29, 1.82) is 0 Å². The zero-order valence-corrected chi connectivity index (χ0v) is 25.1. The summed E-state index contributed by atoms with van der Waals surface area (Å²) in [5.41, 5.74) is 3.24. The Labute approximate surface area is 258 Å². The van der Waals surface area contributed by atoms with Gasteiger partial charge in [-0.05, 0) is 78.1 Å². The highest BCUT2D eigenvalue weighted by Gasteiger charge is 2.19. The lowest BCUT2D eigenvalue weighted by Gasteiger charge is -2.17. The second-order valence-corrected chi connectivity index (χ2v) is 10.7. The first kappa shape index (κ1) is 30.6. The number of hydrogen-bond donors (Lipinski definition) is 1. The van der Waals surface area contributed by atoms with Crippen molar-refractivity contribution < 1.29 is 24.3 Å². The van der Waals surface area contributed by atoms with E-state index in [4.69, 9.17) is 14.5 Å². The van der Waals surface area contributed by atoms with Gasteiger partial charge in [0.2, 0.25) is 0 Å². The molecule has 1 N–H and O–H groups in total. The summed E-state index contributed by atoms with van der Waals surface area (Å²) in [7, 11) is 1.61. The van der Waals surface area contributed by atoms with E-state index in [9.17, 15) is 24.8 Å². The monoisotopic (exact) mass is 606 g/mol. The molecule has 45 heavy (non-hydrogen) atoms. The van der Waals surface area contributed by atoms with E-state index in [1.807, 2.05) is 32.9 Å². The molecule has 1 aromatic heterocycles. The maximum Gasteiger partial charge on any atom is 0.335 e. The predicted molar refractivity (Wildman–Crippen MR) is 171 cm³/mol. The quantitative estimate of drug-likeness (QED) is 0.107. The fraction of sp³-hybridized carbons (Fsp3) is 0.176. The second kappa shape index (κ2) is 12.8. The van der Waals surface area contributed by atoms with Crippen LogP contribution in [-0.2, 0) is 6.61 Å². The van der Waals surface area contributed by atoms with Crippen LogP contribution in [-0.4, -0.2) is 39.0 Å². The van der Waals surface area contributed by atoms with Gasteiger partial charge in [0.1, 0.15) is 12.4 Å². The molecule has 0 spiro atoms. The topological polar surface area (TPSA) is 146 Å². The van der Waals surface area contributed by atoms with Crippen LogP contribution >= 0.6 is 0 Å². The Morgan fingerprint density at radius 1 is 1.07 bits per heavy atom. The molecule has 0 fully saturated rings. The number of ether oxygens (including phenoxy) is 2. The lowest BCUT2D eigenvalue weighted by atomic mass is 9.96. The van der Waals surface area contributed by atoms with Crippen LogP contribution in [0.5, 0.6) is 11.5 Å². The minimum absolute atomic E-state index is 0.00169. The summed E-state index contributed by atoms with van der Waals surface area (Å²) in [4.78, 5) is 41.2. The smallest absolute Gasteiger partial charge is 0.335 e. The van der Waals surface area contributed by atoms with Crippen molar-refractivity contribution in [2.24, 2.45) is 5.10 Å². The molecule has 5 aromatic rings. The van der Waals surface area contributed by atoms with E-state index in [0.717, 1.165) is 16.9 Å². The molecule has 0 saturated heterocycles. The third-order valence-corrected chi connectivity index (χ3v) is 7.26. The van der Waals surface area contributed by atoms with E-state index in [1.54, 1.807) is 49.6 Å². The number of nitro groups is 1. The molecule has 0 aliphatic carbocycles. The van der Waals surface area contributed by atoms with E-state index in [0.29, 0.717) is 33.4 Å². The number of para-hydroxylation sites is 1. The first-order valence-electron chi connectivity index (χ1n) is 14.1. The number of nitro benzene ring substituents is 1. The first-order chi connectivity index (χ1) is 21.6. The van der Waals surface area contributed by atoms with Crippen LogP contribution in [0.2, 0.25) is 0 Å². The number of nitrogens with zero attached hydrogens (tertiary/aromatic N) is 4. The molecule has 0 saturated carbocycles. The van der Waals surface area contributed by atoms with Gasteiger partial charge in [-0.15, -0.1) is 0 Å². The average molecular weight is 607 g/mol. The van der Waals surface area contributed by atoms with Crippen molar-refractivity contribution in [2.45, 2.75) is 33.3 Å². The van der Waals surface area contributed by atoms with Gasteiger partial charge in [-0.2, -0.15) is 9.78 Å². The van der Waals surface area contributed by atoms with Gasteiger partial charge in [-0.1, -0.05) is 38.1 Å². The molecule has 11 nitrogen and oxygen atoms in total. The lowest BCUT2D eigenvalue weighted by molar-refractivity contribution is -0.385. The first-order valence-corrected chi connectivity index (χ1v) is 14.1. The van der Waals surface area contributed by atoms with Crippen LogP contribution in [0.4, 0.5) is 5.69 Å². The third kappa shape index (κ3) is 6.42. The van der Waals surface area contributed by atoms with Gasteiger partial charge in [0, 0.05) is 17.2 Å². The van der Waals surface area contributed by atoms with Crippen LogP contribution in [0.3, 0.4) is 0 Å². The highest BCUT2D eigenvalue weighted by Crippen LogP contribution is 2.34. The number of methoxy groups -OCH3 is 1. The van der Waals surface area contributed by atoms with E-state index >= 15 is 0 Å². The van der Waals surface area contributed by atoms with Crippen molar-refractivity contribution in [2.75, 3.05) is 7.11 Å².